The van der Waals surface area contributed by atoms with Gasteiger partial charge >= 0.3 is 0 Å². The highest BCUT2D eigenvalue weighted by molar-refractivity contribution is 7.21. The van der Waals surface area contributed by atoms with Crippen molar-refractivity contribution in [3.63, 3.8) is 0 Å². The van der Waals surface area contributed by atoms with Gasteiger partial charge in [0.25, 0.3) is 5.91 Å². The number of carbonyl (C=O) groups excluding carboxylic acids is 1. The van der Waals surface area contributed by atoms with E-state index in [0.717, 1.165) is 28.8 Å². The fraction of sp³-hybridized carbons (Fsp3) is 0.467. The first-order valence-corrected chi connectivity index (χ1v) is 7.93. The number of fused-ring (bicyclic) bond motifs is 1. The van der Waals surface area contributed by atoms with E-state index in [2.05, 4.69) is 10.3 Å². The minimum Gasteiger partial charge on any atom is -0.397 e. The number of nitrogens with two attached hydrogens (primary N) is 1. The van der Waals surface area contributed by atoms with Crippen LogP contribution >= 0.6 is 11.3 Å². The van der Waals surface area contributed by atoms with E-state index < -0.39 is 0 Å². The zero-order valence-corrected chi connectivity index (χ0v) is 12.4. The molecule has 1 amide bonds. The number of nitrogens with zero attached hydrogens (tertiary/aromatic N) is 1. The predicted molar refractivity (Wildman–Crippen MR) is 83.1 cm³/mol. The minimum absolute atomic E-state index is 0.0462. The number of nitrogen functional groups attached to an aromatic ring is 1. The van der Waals surface area contributed by atoms with Crippen LogP contribution in [0.15, 0.2) is 12.1 Å². The van der Waals surface area contributed by atoms with E-state index in [-0.39, 0.29) is 5.91 Å². The topological polar surface area (TPSA) is 68.0 Å². The van der Waals surface area contributed by atoms with Crippen molar-refractivity contribution in [1.29, 1.82) is 0 Å². The summed E-state index contributed by atoms with van der Waals surface area (Å²) in [6.45, 7) is 1.94. The monoisotopic (exact) mass is 289 g/mol. The van der Waals surface area contributed by atoms with Crippen LogP contribution in [-0.4, -0.2) is 16.9 Å². The molecule has 0 spiro atoms. The summed E-state index contributed by atoms with van der Waals surface area (Å²) >= 11 is 1.39. The van der Waals surface area contributed by atoms with Crippen molar-refractivity contribution in [2.45, 2.75) is 45.1 Å². The lowest BCUT2D eigenvalue weighted by Crippen LogP contribution is -2.36. The van der Waals surface area contributed by atoms with E-state index in [4.69, 9.17) is 5.73 Å². The van der Waals surface area contributed by atoms with E-state index in [1.807, 2.05) is 19.1 Å². The number of carbonyl (C=O) groups is 1. The fourth-order valence-electron chi connectivity index (χ4n) is 2.76. The van der Waals surface area contributed by atoms with Gasteiger partial charge in [-0.05, 0) is 31.9 Å². The summed E-state index contributed by atoms with van der Waals surface area (Å²) in [6, 6.07) is 4.17. The normalized spacial score (nSPS) is 16.4. The Labute approximate surface area is 122 Å². The van der Waals surface area contributed by atoms with Crippen LogP contribution in [0.2, 0.25) is 0 Å². The van der Waals surface area contributed by atoms with Crippen molar-refractivity contribution in [2.24, 2.45) is 0 Å². The maximum atomic E-state index is 12.4. The molecule has 1 saturated carbocycles. The summed E-state index contributed by atoms with van der Waals surface area (Å²) in [5.41, 5.74) is 7.61. The van der Waals surface area contributed by atoms with Crippen molar-refractivity contribution < 1.29 is 4.79 Å². The van der Waals surface area contributed by atoms with E-state index in [0.29, 0.717) is 16.6 Å². The summed E-state index contributed by atoms with van der Waals surface area (Å²) in [5, 5.41) is 4.00. The quantitative estimate of drug-likeness (QED) is 0.891. The zero-order chi connectivity index (χ0) is 14.1. The Bertz CT molecular complexity index is 644. The molecule has 0 unspecified atom stereocenters. The molecule has 1 fully saturated rings. The molecule has 2 aromatic rings. The lowest BCUT2D eigenvalue weighted by atomic mass is 9.95. The number of anilines is 1. The van der Waals surface area contributed by atoms with Gasteiger partial charge in [-0.15, -0.1) is 11.3 Å². The predicted octanol–water partition coefficient (Wildman–Crippen LogP) is 3.25. The highest BCUT2D eigenvalue weighted by Crippen LogP contribution is 2.32. The molecule has 0 saturated heterocycles. The molecule has 106 valence electrons. The standard InChI is InChI=1S/C15H19N3OS/c1-9-7-8-11-12(16)13(20-15(11)17-9)14(19)18-10-5-3-2-4-6-10/h7-8,10H,2-6,16H2,1H3,(H,18,19). The van der Waals surface area contributed by atoms with Gasteiger partial charge in [-0.1, -0.05) is 19.3 Å². The molecule has 0 radical (unpaired) electrons. The number of hydrogen-bond acceptors (Lipinski definition) is 4. The van der Waals surface area contributed by atoms with E-state index >= 15 is 0 Å². The maximum absolute atomic E-state index is 12.4. The summed E-state index contributed by atoms with van der Waals surface area (Å²) in [7, 11) is 0. The smallest absolute Gasteiger partial charge is 0.263 e. The lowest BCUT2D eigenvalue weighted by Gasteiger charge is -2.22. The molecule has 2 heterocycles. The first-order chi connectivity index (χ1) is 9.65. The molecule has 4 nitrogen and oxygen atoms in total. The Morgan fingerprint density at radius 2 is 2.10 bits per heavy atom. The molecule has 20 heavy (non-hydrogen) atoms. The number of thiophene rings is 1. The minimum atomic E-state index is -0.0462. The van der Waals surface area contributed by atoms with Crippen LogP contribution in [0.3, 0.4) is 0 Å². The van der Waals surface area contributed by atoms with Crippen molar-refractivity contribution in [3.8, 4) is 0 Å². The second kappa shape index (κ2) is 5.40. The van der Waals surface area contributed by atoms with Crippen molar-refractivity contribution >= 4 is 33.1 Å². The first-order valence-electron chi connectivity index (χ1n) is 7.11. The highest BCUT2D eigenvalue weighted by Gasteiger charge is 2.21. The molecule has 0 aromatic carbocycles. The van der Waals surface area contributed by atoms with Crippen LogP contribution < -0.4 is 11.1 Å². The van der Waals surface area contributed by atoms with Crippen LogP contribution in [0.4, 0.5) is 5.69 Å². The molecule has 1 aliphatic carbocycles. The van der Waals surface area contributed by atoms with Crippen molar-refractivity contribution in [2.75, 3.05) is 5.73 Å². The van der Waals surface area contributed by atoms with Crippen molar-refractivity contribution in [1.82, 2.24) is 10.3 Å². The summed E-state index contributed by atoms with van der Waals surface area (Å²) in [5.74, 6) is -0.0462. The van der Waals surface area contributed by atoms with Gasteiger partial charge in [-0.2, -0.15) is 0 Å². The van der Waals surface area contributed by atoms with Crippen molar-refractivity contribution in [3.05, 3.63) is 22.7 Å². The second-order valence-corrected chi connectivity index (χ2v) is 6.46. The number of pyridine rings is 1. The maximum Gasteiger partial charge on any atom is 0.263 e. The molecule has 3 rings (SSSR count). The Hall–Kier alpha value is -1.62. The molecule has 2 aromatic heterocycles. The average molecular weight is 289 g/mol. The number of rotatable bonds is 2. The molecule has 1 aliphatic rings. The van der Waals surface area contributed by atoms with Gasteiger partial charge in [0.15, 0.2) is 0 Å². The van der Waals surface area contributed by atoms with E-state index in [1.54, 1.807) is 0 Å². The van der Waals surface area contributed by atoms with Crippen LogP contribution in [0.5, 0.6) is 0 Å². The second-order valence-electron chi connectivity index (χ2n) is 5.46. The molecule has 5 heteroatoms. The van der Waals surface area contributed by atoms with Crippen LogP contribution in [0.1, 0.15) is 47.5 Å². The number of nitrogens with one attached hydrogen (secondary N) is 1. The summed E-state index contributed by atoms with van der Waals surface area (Å²) in [6.07, 6.45) is 5.84. The van der Waals surface area contributed by atoms with Crippen LogP contribution in [0, 0.1) is 6.92 Å². The largest absolute Gasteiger partial charge is 0.397 e. The van der Waals surface area contributed by atoms with E-state index in [1.165, 1.54) is 30.6 Å². The van der Waals surface area contributed by atoms with Gasteiger partial charge < -0.3 is 11.1 Å². The SMILES string of the molecule is Cc1ccc2c(N)c(C(=O)NC3CCCCC3)sc2n1. The van der Waals surface area contributed by atoms with Gasteiger partial charge in [0.1, 0.15) is 9.71 Å². The Kier molecular flexibility index (Phi) is 3.61. The molecular weight excluding hydrogens is 270 g/mol. The molecule has 0 aliphatic heterocycles. The fourth-order valence-corrected chi connectivity index (χ4v) is 3.80. The Morgan fingerprint density at radius 1 is 1.35 bits per heavy atom. The van der Waals surface area contributed by atoms with Crippen LogP contribution in [-0.2, 0) is 0 Å². The number of amides is 1. The third-order valence-corrected chi connectivity index (χ3v) is 4.99. The Balaban J connectivity index is 1.85. The van der Waals surface area contributed by atoms with E-state index in [9.17, 15) is 4.79 Å². The Morgan fingerprint density at radius 3 is 2.85 bits per heavy atom. The third-order valence-electron chi connectivity index (χ3n) is 3.88. The highest BCUT2D eigenvalue weighted by atomic mass is 32.1. The number of hydrogen-bond donors (Lipinski definition) is 2. The summed E-state index contributed by atoms with van der Waals surface area (Å²) in [4.78, 5) is 18.3. The zero-order valence-electron chi connectivity index (χ0n) is 11.6. The average Bonchev–Trinajstić information content (AvgIpc) is 2.76. The van der Waals surface area contributed by atoms with Crippen LogP contribution in [0.25, 0.3) is 10.2 Å². The molecule has 3 N–H and O–H groups in total. The van der Waals surface area contributed by atoms with Gasteiger partial charge in [0.05, 0.1) is 5.69 Å². The molecule has 0 bridgehead atoms. The third kappa shape index (κ3) is 2.50. The van der Waals surface area contributed by atoms with Gasteiger partial charge in [0, 0.05) is 17.1 Å². The number of aryl methyl sites for hydroxylation is 1. The lowest BCUT2D eigenvalue weighted by molar-refractivity contribution is 0.0932. The molecular formula is C15H19N3OS. The van der Waals surface area contributed by atoms with Gasteiger partial charge in [0.2, 0.25) is 0 Å². The van der Waals surface area contributed by atoms with Gasteiger partial charge in [-0.25, -0.2) is 4.98 Å². The molecule has 0 atom stereocenters. The van der Waals surface area contributed by atoms with Gasteiger partial charge in [-0.3, -0.25) is 4.79 Å². The first kappa shape index (κ1) is 13.4. The summed E-state index contributed by atoms with van der Waals surface area (Å²) < 4.78 is 0. The number of aromatic nitrogens is 1.